The van der Waals surface area contributed by atoms with E-state index in [4.69, 9.17) is 0 Å². The highest BCUT2D eigenvalue weighted by molar-refractivity contribution is 5.79. The lowest BCUT2D eigenvalue weighted by Gasteiger charge is -2.29. The van der Waals surface area contributed by atoms with Gasteiger partial charge in [-0.05, 0) is 97.3 Å². The van der Waals surface area contributed by atoms with E-state index in [0.29, 0.717) is 47.4 Å². The standard InChI is InChI=1S/C37H48F4/c1-3-5-6-10-24-13-15-25(16-14-24)11-7-8-12-26-17-19-27(20-18-26)31-23-30-22-29-21-28(9-4-2)34(38)36(40)32(29)33(30)37(41)35(31)39/h8,12,21,23-27H,3-7,9-11,13-20,22H2,1-2H3/b12-8+. The maximum Gasteiger partial charge on any atom is 0.167 e. The average Bonchev–Trinajstić information content (AvgIpc) is 3.35. The first-order valence-corrected chi connectivity index (χ1v) is 16.6. The molecule has 0 N–H and O–H groups in total. The Balaban J connectivity index is 1.14. The summed E-state index contributed by atoms with van der Waals surface area (Å²) in [5, 5.41) is 0. The van der Waals surface area contributed by atoms with Crippen molar-refractivity contribution in [3.05, 3.63) is 69.8 Å². The lowest BCUT2D eigenvalue weighted by Crippen LogP contribution is -2.15. The number of fused-ring (bicyclic) bond motifs is 3. The van der Waals surface area contributed by atoms with E-state index in [-0.39, 0.29) is 17.0 Å². The van der Waals surface area contributed by atoms with Crippen molar-refractivity contribution in [3.8, 4) is 11.1 Å². The Labute approximate surface area is 245 Å². The van der Waals surface area contributed by atoms with Gasteiger partial charge in [-0.1, -0.05) is 95.9 Å². The number of allylic oxidation sites excluding steroid dienone is 2. The van der Waals surface area contributed by atoms with Crippen LogP contribution in [0.1, 0.15) is 138 Å². The summed E-state index contributed by atoms with van der Waals surface area (Å²) in [6.45, 7) is 4.19. The third kappa shape index (κ3) is 6.78. The van der Waals surface area contributed by atoms with Crippen molar-refractivity contribution in [2.24, 2.45) is 17.8 Å². The smallest absolute Gasteiger partial charge is 0.167 e. The van der Waals surface area contributed by atoms with Gasteiger partial charge in [0.05, 0.1) is 0 Å². The van der Waals surface area contributed by atoms with Crippen molar-refractivity contribution >= 4 is 0 Å². The molecule has 0 amide bonds. The van der Waals surface area contributed by atoms with Gasteiger partial charge in [-0.3, -0.25) is 0 Å². The largest absolute Gasteiger partial charge is 0.203 e. The molecule has 0 atom stereocenters. The molecular formula is C37H48F4. The van der Waals surface area contributed by atoms with Gasteiger partial charge < -0.3 is 0 Å². The molecule has 224 valence electrons. The minimum atomic E-state index is -1.04. The molecule has 0 radical (unpaired) electrons. The van der Waals surface area contributed by atoms with Crippen LogP contribution in [0.5, 0.6) is 0 Å². The predicted octanol–water partition coefficient (Wildman–Crippen LogP) is 11.8. The summed E-state index contributed by atoms with van der Waals surface area (Å²) < 4.78 is 60.4. The van der Waals surface area contributed by atoms with Gasteiger partial charge >= 0.3 is 0 Å². The van der Waals surface area contributed by atoms with E-state index >= 15 is 13.2 Å². The number of hydrogen-bond donors (Lipinski definition) is 0. The summed E-state index contributed by atoms with van der Waals surface area (Å²) in [7, 11) is 0. The molecule has 3 aliphatic rings. The molecule has 3 aliphatic carbocycles. The number of unbranched alkanes of at least 4 members (excludes halogenated alkanes) is 2. The zero-order valence-electron chi connectivity index (χ0n) is 25.2. The number of benzene rings is 2. The van der Waals surface area contributed by atoms with Crippen molar-refractivity contribution in [2.45, 2.75) is 129 Å². The average molecular weight is 569 g/mol. The summed E-state index contributed by atoms with van der Waals surface area (Å²) in [4.78, 5) is 0. The zero-order chi connectivity index (χ0) is 28.9. The van der Waals surface area contributed by atoms with Gasteiger partial charge in [-0.25, -0.2) is 17.6 Å². The second kappa shape index (κ2) is 13.9. The fourth-order valence-electron chi connectivity index (χ4n) is 7.95. The summed E-state index contributed by atoms with van der Waals surface area (Å²) in [6, 6.07) is 3.38. The molecule has 0 spiro atoms. The molecule has 4 heteroatoms. The number of hydrogen-bond acceptors (Lipinski definition) is 0. The van der Waals surface area contributed by atoms with Gasteiger partial charge in [0.15, 0.2) is 23.3 Å². The molecule has 0 saturated heterocycles. The Morgan fingerprint density at radius 3 is 1.98 bits per heavy atom. The van der Waals surface area contributed by atoms with Gasteiger partial charge in [0, 0.05) is 11.1 Å². The van der Waals surface area contributed by atoms with Crippen LogP contribution in [-0.2, 0) is 12.8 Å². The van der Waals surface area contributed by atoms with E-state index in [9.17, 15) is 4.39 Å². The highest BCUT2D eigenvalue weighted by atomic mass is 19.2. The Morgan fingerprint density at radius 2 is 1.32 bits per heavy atom. The van der Waals surface area contributed by atoms with E-state index in [2.05, 4.69) is 19.1 Å². The van der Waals surface area contributed by atoms with Crippen LogP contribution in [-0.4, -0.2) is 0 Å². The third-order valence-corrected chi connectivity index (χ3v) is 10.4. The van der Waals surface area contributed by atoms with E-state index in [1.165, 1.54) is 57.8 Å². The maximum atomic E-state index is 15.4. The normalized spacial score (nSPS) is 24.1. The highest BCUT2D eigenvalue weighted by Gasteiger charge is 2.34. The Kier molecular flexibility index (Phi) is 10.3. The molecule has 0 heterocycles. The Bertz CT molecular complexity index is 1210. The molecule has 2 aromatic rings. The zero-order valence-corrected chi connectivity index (χ0v) is 25.2. The quantitative estimate of drug-likeness (QED) is 0.123. The van der Waals surface area contributed by atoms with Gasteiger partial charge in [0.2, 0.25) is 0 Å². The van der Waals surface area contributed by atoms with Crippen molar-refractivity contribution in [2.75, 3.05) is 0 Å². The number of aryl methyl sites for hydroxylation is 1. The van der Waals surface area contributed by atoms with Gasteiger partial charge in [-0.15, -0.1) is 0 Å². The Morgan fingerprint density at radius 1 is 0.683 bits per heavy atom. The topological polar surface area (TPSA) is 0 Å². The van der Waals surface area contributed by atoms with Crippen LogP contribution in [0.15, 0.2) is 24.3 Å². The summed E-state index contributed by atoms with van der Waals surface area (Å²) in [6.07, 6.45) is 23.3. The molecule has 0 aliphatic heterocycles. The van der Waals surface area contributed by atoms with Gasteiger partial charge in [0.25, 0.3) is 0 Å². The van der Waals surface area contributed by atoms with E-state index in [1.54, 1.807) is 12.1 Å². The molecule has 2 aromatic carbocycles. The highest BCUT2D eigenvalue weighted by Crippen LogP contribution is 2.46. The molecule has 2 saturated carbocycles. The minimum absolute atomic E-state index is 0.0343. The first-order chi connectivity index (χ1) is 19.9. The van der Waals surface area contributed by atoms with Crippen LogP contribution < -0.4 is 0 Å². The minimum Gasteiger partial charge on any atom is -0.203 e. The fraction of sp³-hybridized carbons (Fsp3) is 0.622. The fourth-order valence-corrected chi connectivity index (χ4v) is 7.95. The second-order valence-electron chi connectivity index (χ2n) is 13.3. The third-order valence-electron chi connectivity index (χ3n) is 10.4. The first kappa shape index (κ1) is 30.4. The predicted molar refractivity (Wildman–Crippen MR) is 161 cm³/mol. The lowest BCUT2D eigenvalue weighted by atomic mass is 9.77. The molecular weight excluding hydrogens is 520 g/mol. The van der Waals surface area contributed by atoms with Crippen molar-refractivity contribution in [3.63, 3.8) is 0 Å². The molecule has 0 aromatic heterocycles. The second-order valence-corrected chi connectivity index (χ2v) is 13.3. The van der Waals surface area contributed by atoms with Gasteiger partial charge in [-0.2, -0.15) is 0 Å². The molecule has 2 fully saturated rings. The summed E-state index contributed by atoms with van der Waals surface area (Å²) >= 11 is 0. The molecule has 0 unspecified atom stereocenters. The number of halogens is 4. The van der Waals surface area contributed by atoms with Crippen molar-refractivity contribution in [1.82, 2.24) is 0 Å². The maximum absolute atomic E-state index is 15.4. The SMILES string of the molecule is CCCCCC1CCC(CC/C=C/C2CCC(c3cc4c(c(F)c3F)-c3c(cc(CCC)c(F)c3F)C4)CC2)CC1. The Hall–Kier alpha value is -2.10. The van der Waals surface area contributed by atoms with Crippen LogP contribution in [0.25, 0.3) is 11.1 Å². The van der Waals surface area contributed by atoms with Crippen LogP contribution in [0.2, 0.25) is 0 Å². The molecule has 0 nitrogen and oxygen atoms in total. The lowest BCUT2D eigenvalue weighted by molar-refractivity contribution is 0.250. The first-order valence-electron chi connectivity index (χ1n) is 16.6. The molecule has 0 bridgehead atoms. The van der Waals surface area contributed by atoms with Crippen LogP contribution in [0, 0.1) is 41.0 Å². The molecule has 5 rings (SSSR count). The van der Waals surface area contributed by atoms with Crippen LogP contribution >= 0.6 is 0 Å². The van der Waals surface area contributed by atoms with Crippen molar-refractivity contribution in [1.29, 1.82) is 0 Å². The van der Waals surface area contributed by atoms with E-state index in [1.807, 2.05) is 6.92 Å². The van der Waals surface area contributed by atoms with Gasteiger partial charge in [0.1, 0.15) is 0 Å². The van der Waals surface area contributed by atoms with Crippen LogP contribution in [0.4, 0.5) is 17.6 Å². The number of rotatable bonds is 11. The monoisotopic (exact) mass is 568 g/mol. The van der Waals surface area contributed by atoms with Crippen LogP contribution in [0.3, 0.4) is 0 Å². The van der Waals surface area contributed by atoms with Crippen molar-refractivity contribution < 1.29 is 17.6 Å². The summed E-state index contributed by atoms with van der Waals surface area (Å²) in [5.74, 6) is -1.57. The van der Waals surface area contributed by atoms with E-state index < -0.39 is 23.3 Å². The molecule has 41 heavy (non-hydrogen) atoms. The van der Waals surface area contributed by atoms with E-state index in [0.717, 1.165) is 43.9 Å². The summed E-state index contributed by atoms with van der Waals surface area (Å²) in [5.41, 5.74) is 1.70.